The summed E-state index contributed by atoms with van der Waals surface area (Å²) >= 11 is 16.9. The Morgan fingerprint density at radius 3 is 1.32 bits per heavy atom. The minimum Gasteiger partial charge on any atom is -0.462 e. The van der Waals surface area contributed by atoms with E-state index in [-0.39, 0.29) is 58.5 Å². The van der Waals surface area contributed by atoms with Crippen LogP contribution in [0.15, 0.2) is 0 Å². The summed E-state index contributed by atoms with van der Waals surface area (Å²) < 4.78 is 22.6. The molecule has 0 aromatic heterocycles. The van der Waals surface area contributed by atoms with Crippen LogP contribution in [0, 0.1) is 5.41 Å². The molecule has 0 radical (unpaired) electrons. The Morgan fingerprint density at radius 2 is 0.946 bits per heavy atom. The van der Waals surface area contributed by atoms with Crippen molar-refractivity contribution >= 4 is 74.4 Å². The molecule has 5 unspecified atom stereocenters. The fraction of sp³-hybridized carbons (Fsp3) is 0.840. The van der Waals surface area contributed by atoms with Gasteiger partial charge in [-0.05, 0) is 11.8 Å². The number of rotatable bonds is 16. The topological polar surface area (TPSA) is 105 Å². The SMILES string of the molecule is CC(S)CC(=O)OC[C@@H](OC(=O)CC(C)S)[C@@H](OC(=O)CC(C)S)C(CC(C)(C)C)OC(=O)CC(C)S. The van der Waals surface area contributed by atoms with E-state index in [2.05, 4.69) is 50.5 Å². The van der Waals surface area contributed by atoms with E-state index in [1.165, 1.54) is 0 Å². The van der Waals surface area contributed by atoms with Crippen LogP contribution in [0.4, 0.5) is 0 Å². The first kappa shape index (κ1) is 36.3. The normalized spacial score (nSPS) is 17.4. The van der Waals surface area contributed by atoms with Gasteiger partial charge in [0.2, 0.25) is 0 Å². The van der Waals surface area contributed by atoms with Gasteiger partial charge in [-0.15, -0.1) is 0 Å². The van der Waals surface area contributed by atoms with Crippen LogP contribution in [0.25, 0.3) is 0 Å². The van der Waals surface area contributed by atoms with Gasteiger partial charge >= 0.3 is 23.9 Å². The third kappa shape index (κ3) is 19.1. The van der Waals surface area contributed by atoms with Gasteiger partial charge in [0, 0.05) is 21.0 Å². The van der Waals surface area contributed by atoms with Crippen LogP contribution in [0.1, 0.15) is 80.6 Å². The number of thiol groups is 4. The average molecular weight is 601 g/mol. The molecular formula is C25H44O8S4. The van der Waals surface area contributed by atoms with E-state index in [4.69, 9.17) is 18.9 Å². The summed E-state index contributed by atoms with van der Waals surface area (Å²) in [5.74, 6) is -2.35. The number of carbonyl (C=O) groups excluding carboxylic acids is 4. The van der Waals surface area contributed by atoms with Crippen LogP contribution in [-0.4, -0.2) is 69.8 Å². The number of carbonyl (C=O) groups is 4. The maximum Gasteiger partial charge on any atom is 0.307 e. The number of hydrogen-bond donors (Lipinski definition) is 4. The second kappa shape index (κ2) is 17.8. The molecule has 0 N–H and O–H groups in total. The fourth-order valence-electron chi connectivity index (χ4n) is 3.25. The lowest BCUT2D eigenvalue weighted by Gasteiger charge is -2.35. The number of hydrogen-bond acceptors (Lipinski definition) is 12. The van der Waals surface area contributed by atoms with Gasteiger partial charge in [0.15, 0.2) is 12.2 Å². The molecule has 0 aromatic carbocycles. The third-order valence-electron chi connectivity index (χ3n) is 4.64. The van der Waals surface area contributed by atoms with Gasteiger partial charge in [-0.3, -0.25) is 19.2 Å². The zero-order valence-corrected chi connectivity index (χ0v) is 26.4. The molecule has 0 saturated heterocycles. The van der Waals surface area contributed by atoms with Crippen molar-refractivity contribution in [3.05, 3.63) is 0 Å². The average Bonchev–Trinajstić information content (AvgIpc) is 2.65. The van der Waals surface area contributed by atoms with E-state index < -0.39 is 48.8 Å². The van der Waals surface area contributed by atoms with Crippen molar-refractivity contribution in [1.82, 2.24) is 0 Å². The molecule has 7 atom stereocenters. The molecule has 0 spiro atoms. The zero-order valence-electron chi connectivity index (χ0n) is 22.8. The Bertz CT molecular complexity index is 735. The van der Waals surface area contributed by atoms with Gasteiger partial charge < -0.3 is 18.9 Å². The summed E-state index contributed by atoms with van der Waals surface area (Å²) in [6.07, 6.45) is -3.21. The van der Waals surface area contributed by atoms with E-state index in [1.807, 2.05) is 20.8 Å². The maximum absolute atomic E-state index is 12.8. The van der Waals surface area contributed by atoms with Crippen molar-refractivity contribution in [1.29, 1.82) is 0 Å². The molecule has 37 heavy (non-hydrogen) atoms. The van der Waals surface area contributed by atoms with Gasteiger partial charge in [-0.1, -0.05) is 48.5 Å². The largest absolute Gasteiger partial charge is 0.462 e. The van der Waals surface area contributed by atoms with Gasteiger partial charge in [0.25, 0.3) is 0 Å². The highest BCUT2D eigenvalue weighted by atomic mass is 32.1. The summed E-state index contributed by atoms with van der Waals surface area (Å²) in [6, 6.07) is 0. The first-order chi connectivity index (χ1) is 16.9. The lowest BCUT2D eigenvalue weighted by Crippen LogP contribution is -2.49. The Hall–Kier alpha value is -0.720. The summed E-state index contributed by atoms with van der Waals surface area (Å²) in [4.78, 5) is 50.3. The Labute approximate surface area is 243 Å². The lowest BCUT2D eigenvalue weighted by molar-refractivity contribution is -0.194. The molecule has 0 saturated carbocycles. The van der Waals surface area contributed by atoms with Crippen LogP contribution >= 0.6 is 50.5 Å². The Morgan fingerprint density at radius 1 is 0.595 bits per heavy atom. The molecule has 0 aromatic rings. The van der Waals surface area contributed by atoms with Gasteiger partial charge in [0.1, 0.15) is 12.7 Å². The third-order valence-corrected chi connectivity index (χ3v) is 5.37. The zero-order chi connectivity index (χ0) is 28.9. The fourth-order valence-corrected chi connectivity index (χ4v) is 3.84. The Kier molecular flexibility index (Phi) is 17.4. The van der Waals surface area contributed by atoms with Crippen LogP contribution in [0.2, 0.25) is 0 Å². The molecule has 0 aliphatic heterocycles. The quantitative estimate of drug-likeness (QED) is 0.116. The number of esters is 4. The first-order valence-electron chi connectivity index (χ1n) is 12.4. The van der Waals surface area contributed by atoms with Crippen LogP contribution in [0.3, 0.4) is 0 Å². The lowest BCUT2D eigenvalue weighted by atomic mass is 9.86. The smallest absolute Gasteiger partial charge is 0.307 e. The maximum atomic E-state index is 12.8. The van der Waals surface area contributed by atoms with E-state index >= 15 is 0 Å². The van der Waals surface area contributed by atoms with Crippen molar-refractivity contribution in [2.75, 3.05) is 6.61 Å². The minimum absolute atomic E-state index is 0.0224. The van der Waals surface area contributed by atoms with E-state index in [9.17, 15) is 19.2 Å². The van der Waals surface area contributed by atoms with E-state index in [0.717, 1.165) is 0 Å². The van der Waals surface area contributed by atoms with Crippen molar-refractivity contribution in [3.8, 4) is 0 Å². The van der Waals surface area contributed by atoms with Gasteiger partial charge in [0.05, 0.1) is 25.7 Å². The van der Waals surface area contributed by atoms with Crippen molar-refractivity contribution in [2.45, 2.75) is 120 Å². The standard InChI is InChI=1S/C25H44O8S4/c1-14(34)8-20(26)30-13-19(32-22(28)10-16(3)36)24(33-23(29)11-17(4)37)18(12-25(5,6)7)31-21(27)9-15(2)35/h14-19,24,34-37H,8-13H2,1-7H3/t14?,15?,16?,17?,18?,19-,24+/m1/s1. The highest BCUT2D eigenvalue weighted by Gasteiger charge is 2.41. The Balaban J connectivity index is 6.34. The molecule has 0 fully saturated rings. The second-order valence-electron chi connectivity index (χ2n) is 10.7. The molecule has 216 valence electrons. The van der Waals surface area contributed by atoms with E-state index in [0.29, 0.717) is 0 Å². The minimum atomic E-state index is -1.24. The molecule has 0 aliphatic rings. The molecular weight excluding hydrogens is 557 g/mol. The predicted molar refractivity (Wildman–Crippen MR) is 157 cm³/mol. The monoisotopic (exact) mass is 600 g/mol. The van der Waals surface area contributed by atoms with Crippen molar-refractivity contribution in [2.24, 2.45) is 5.41 Å². The highest BCUT2D eigenvalue weighted by molar-refractivity contribution is 7.81. The molecule has 0 heterocycles. The van der Waals surface area contributed by atoms with Crippen molar-refractivity contribution in [3.63, 3.8) is 0 Å². The highest BCUT2D eigenvalue weighted by Crippen LogP contribution is 2.29. The number of ether oxygens (including phenoxy) is 4. The predicted octanol–water partition coefficient (Wildman–Crippen LogP) is 4.53. The van der Waals surface area contributed by atoms with Gasteiger partial charge in [-0.2, -0.15) is 50.5 Å². The summed E-state index contributed by atoms with van der Waals surface area (Å²) in [7, 11) is 0. The van der Waals surface area contributed by atoms with Crippen molar-refractivity contribution < 1.29 is 38.1 Å². The summed E-state index contributed by atoms with van der Waals surface area (Å²) in [5, 5.41) is -1.11. The molecule has 0 bridgehead atoms. The second-order valence-corrected chi connectivity index (χ2v) is 14.2. The first-order valence-corrected chi connectivity index (χ1v) is 14.4. The molecule has 0 aliphatic carbocycles. The molecule has 0 rings (SSSR count). The van der Waals surface area contributed by atoms with Gasteiger partial charge in [-0.25, -0.2) is 0 Å². The summed E-state index contributed by atoms with van der Waals surface area (Å²) in [5.41, 5.74) is -0.370. The summed E-state index contributed by atoms with van der Waals surface area (Å²) in [6.45, 7) is 12.3. The molecule has 12 heteroatoms. The molecule has 8 nitrogen and oxygen atoms in total. The van der Waals surface area contributed by atoms with E-state index in [1.54, 1.807) is 27.7 Å². The van der Waals surface area contributed by atoms with Crippen LogP contribution < -0.4 is 0 Å². The van der Waals surface area contributed by atoms with Crippen LogP contribution in [-0.2, 0) is 38.1 Å². The van der Waals surface area contributed by atoms with Crippen LogP contribution in [0.5, 0.6) is 0 Å². The molecule has 0 amide bonds.